The number of sulfonamides is 1. The number of fused-ring (bicyclic) bond motifs is 1. The minimum atomic E-state index is -3.48. The molecule has 6 heteroatoms. The lowest BCUT2D eigenvalue weighted by atomic mass is 10.1. The number of hydrogen-bond acceptors (Lipinski definition) is 2. The van der Waals surface area contributed by atoms with Crippen LogP contribution in [0.3, 0.4) is 0 Å². The Balaban J connectivity index is 1.45. The number of benzene rings is 3. The van der Waals surface area contributed by atoms with Crippen LogP contribution in [0, 0.1) is 5.82 Å². The Labute approximate surface area is 158 Å². The third kappa shape index (κ3) is 3.88. The van der Waals surface area contributed by atoms with Crippen molar-refractivity contribution in [3.63, 3.8) is 0 Å². The smallest absolute Gasteiger partial charge is 0.243 e. The van der Waals surface area contributed by atoms with E-state index in [1.165, 1.54) is 17.0 Å². The number of hydrogen-bond donors (Lipinski definition) is 1. The zero-order valence-corrected chi connectivity index (χ0v) is 15.8. The highest BCUT2D eigenvalue weighted by Crippen LogP contribution is 2.21. The fourth-order valence-corrected chi connectivity index (χ4v) is 5.06. The quantitative estimate of drug-likeness (QED) is 0.747. The van der Waals surface area contributed by atoms with Crippen LogP contribution in [-0.4, -0.2) is 38.9 Å². The number of rotatable bonds is 4. The number of piperazine rings is 1. The molecule has 27 heavy (non-hydrogen) atoms. The molecule has 0 aromatic heterocycles. The van der Waals surface area contributed by atoms with Crippen molar-refractivity contribution in [2.24, 2.45) is 0 Å². The van der Waals surface area contributed by atoms with Gasteiger partial charge >= 0.3 is 0 Å². The van der Waals surface area contributed by atoms with Gasteiger partial charge in [0.05, 0.1) is 31.1 Å². The van der Waals surface area contributed by atoms with E-state index in [1.807, 2.05) is 30.3 Å². The van der Waals surface area contributed by atoms with E-state index in [0.717, 1.165) is 36.0 Å². The molecule has 3 aromatic rings. The van der Waals surface area contributed by atoms with Crippen LogP contribution in [-0.2, 0) is 16.6 Å². The molecule has 0 aliphatic carbocycles. The summed E-state index contributed by atoms with van der Waals surface area (Å²) >= 11 is 0. The van der Waals surface area contributed by atoms with Gasteiger partial charge in [-0.3, -0.25) is 0 Å². The topological polar surface area (TPSA) is 41.8 Å². The first-order valence-electron chi connectivity index (χ1n) is 9.09. The van der Waals surface area contributed by atoms with E-state index in [0.29, 0.717) is 18.0 Å². The zero-order chi connectivity index (χ0) is 18.9. The van der Waals surface area contributed by atoms with Crippen LogP contribution in [0.25, 0.3) is 10.8 Å². The van der Waals surface area contributed by atoms with Gasteiger partial charge in [0.15, 0.2) is 0 Å². The van der Waals surface area contributed by atoms with Crippen LogP contribution in [0.15, 0.2) is 71.6 Å². The minimum Gasteiger partial charge on any atom is -0.329 e. The summed E-state index contributed by atoms with van der Waals surface area (Å²) in [6.07, 6.45) is 0. The average Bonchev–Trinajstić information content (AvgIpc) is 2.70. The van der Waals surface area contributed by atoms with Crippen molar-refractivity contribution in [2.75, 3.05) is 26.2 Å². The summed E-state index contributed by atoms with van der Waals surface area (Å²) in [5.41, 5.74) is 1.07. The maximum Gasteiger partial charge on any atom is 0.243 e. The zero-order valence-electron chi connectivity index (χ0n) is 14.9. The van der Waals surface area contributed by atoms with Crippen LogP contribution < -0.4 is 4.90 Å². The molecule has 0 radical (unpaired) electrons. The Kier molecular flexibility index (Phi) is 4.95. The first-order chi connectivity index (χ1) is 13.0. The van der Waals surface area contributed by atoms with Crippen molar-refractivity contribution >= 4 is 20.8 Å². The number of nitrogens with one attached hydrogen (secondary N) is 1. The number of halogens is 1. The molecule has 0 unspecified atom stereocenters. The standard InChI is InChI=1S/C21H21FN2O2S/c22-20-8-5-17(6-9-20)16-23-11-13-24(14-12-23)27(25,26)21-10-7-18-3-1-2-4-19(18)15-21/h1-10,15H,11-14,16H2/p+1. The van der Waals surface area contributed by atoms with Gasteiger partial charge in [0.1, 0.15) is 12.4 Å². The summed E-state index contributed by atoms with van der Waals surface area (Å²) in [5.74, 6) is -0.236. The van der Waals surface area contributed by atoms with Gasteiger partial charge in [-0.1, -0.05) is 42.5 Å². The van der Waals surface area contributed by atoms with E-state index in [9.17, 15) is 12.8 Å². The molecule has 3 aromatic carbocycles. The van der Waals surface area contributed by atoms with Crippen molar-refractivity contribution in [3.05, 3.63) is 78.1 Å². The van der Waals surface area contributed by atoms with Gasteiger partial charge < -0.3 is 4.90 Å². The molecular formula is C21H22FN2O2S+. The summed E-state index contributed by atoms with van der Waals surface area (Å²) in [7, 11) is -3.48. The molecule has 1 heterocycles. The summed E-state index contributed by atoms with van der Waals surface area (Å²) in [6.45, 7) is 3.25. The predicted molar refractivity (Wildman–Crippen MR) is 104 cm³/mol. The highest BCUT2D eigenvalue weighted by Gasteiger charge is 2.30. The van der Waals surface area contributed by atoms with Crippen molar-refractivity contribution in [3.8, 4) is 0 Å². The Morgan fingerprint density at radius 1 is 0.889 bits per heavy atom. The van der Waals surface area contributed by atoms with E-state index in [-0.39, 0.29) is 5.82 Å². The van der Waals surface area contributed by atoms with Gasteiger partial charge in [-0.25, -0.2) is 12.8 Å². The summed E-state index contributed by atoms with van der Waals surface area (Å²) in [5, 5.41) is 1.96. The third-order valence-electron chi connectivity index (χ3n) is 5.16. The monoisotopic (exact) mass is 385 g/mol. The van der Waals surface area contributed by atoms with E-state index in [1.54, 1.807) is 28.6 Å². The Morgan fingerprint density at radius 2 is 1.56 bits per heavy atom. The van der Waals surface area contributed by atoms with Gasteiger partial charge in [0, 0.05) is 5.56 Å². The summed E-state index contributed by atoms with van der Waals surface area (Å²) in [4.78, 5) is 1.66. The van der Waals surface area contributed by atoms with Crippen molar-refractivity contribution in [1.29, 1.82) is 0 Å². The van der Waals surface area contributed by atoms with Gasteiger partial charge in [-0.05, 0) is 35.0 Å². The second-order valence-electron chi connectivity index (χ2n) is 6.97. The third-order valence-corrected chi connectivity index (χ3v) is 7.05. The van der Waals surface area contributed by atoms with Gasteiger partial charge in [-0.15, -0.1) is 0 Å². The van der Waals surface area contributed by atoms with Crippen molar-refractivity contribution in [1.82, 2.24) is 4.31 Å². The van der Waals surface area contributed by atoms with Crippen LogP contribution in [0.1, 0.15) is 5.56 Å². The molecule has 1 aliphatic rings. The molecule has 1 N–H and O–H groups in total. The molecule has 0 bridgehead atoms. The lowest BCUT2D eigenvalue weighted by molar-refractivity contribution is -0.917. The van der Waals surface area contributed by atoms with Gasteiger partial charge in [0.25, 0.3) is 0 Å². The molecular weight excluding hydrogens is 363 g/mol. The Morgan fingerprint density at radius 3 is 2.26 bits per heavy atom. The van der Waals surface area contributed by atoms with Crippen LogP contribution in [0.4, 0.5) is 4.39 Å². The molecule has 1 aliphatic heterocycles. The fraction of sp³-hybridized carbons (Fsp3) is 0.238. The van der Waals surface area contributed by atoms with Gasteiger partial charge in [-0.2, -0.15) is 4.31 Å². The lowest BCUT2D eigenvalue weighted by Crippen LogP contribution is -3.13. The fourth-order valence-electron chi connectivity index (χ4n) is 3.59. The Hall–Kier alpha value is -2.28. The molecule has 4 rings (SSSR count). The normalized spacial score (nSPS) is 16.6. The highest BCUT2D eigenvalue weighted by atomic mass is 32.2. The number of nitrogens with zero attached hydrogens (tertiary/aromatic N) is 1. The SMILES string of the molecule is O=S(=O)(c1ccc2ccccc2c1)N1CC[NH+](Cc2ccc(F)cc2)CC1. The second-order valence-corrected chi connectivity index (χ2v) is 8.90. The van der Waals surface area contributed by atoms with Crippen LogP contribution in [0.5, 0.6) is 0 Å². The molecule has 1 saturated heterocycles. The van der Waals surface area contributed by atoms with Crippen molar-refractivity contribution < 1.29 is 17.7 Å². The lowest BCUT2D eigenvalue weighted by Gasteiger charge is -2.31. The molecule has 0 amide bonds. The van der Waals surface area contributed by atoms with E-state index in [4.69, 9.17) is 0 Å². The Bertz CT molecular complexity index is 1040. The maximum absolute atomic E-state index is 13.0. The predicted octanol–water partition coefficient (Wildman–Crippen LogP) is 2.07. The highest BCUT2D eigenvalue weighted by molar-refractivity contribution is 7.89. The van der Waals surface area contributed by atoms with Gasteiger partial charge in [0.2, 0.25) is 10.0 Å². The first-order valence-corrected chi connectivity index (χ1v) is 10.5. The molecule has 0 atom stereocenters. The largest absolute Gasteiger partial charge is 0.329 e. The minimum absolute atomic E-state index is 0.236. The molecule has 0 saturated carbocycles. The molecule has 1 fully saturated rings. The first kappa shape index (κ1) is 18.1. The maximum atomic E-state index is 13.0. The summed E-state index contributed by atoms with van der Waals surface area (Å²) < 4.78 is 40.6. The number of quaternary nitrogens is 1. The van der Waals surface area contributed by atoms with Crippen LogP contribution >= 0.6 is 0 Å². The molecule has 140 valence electrons. The van der Waals surface area contributed by atoms with Crippen molar-refractivity contribution in [2.45, 2.75) is 11.4 Å². The second kappa shape index (κ2) is 7.38. The van der Waals surface area contributed by atoms with E-state index in [2.05, 4.69) is 0 Å². The van der Waals surface area contributed by atoms with Crippen LogP contribution in [0.2, 0.25) is 0 Å². The van der Waals surface area contributed by atoms with E-state index < -0.39 is 10.0 Å². The summed E-state index contributed by atoms with van der Waals surface area (Å²) in [6, 6.07) is 19.6. The molecule has 4 nitrogen and oxygen atoms in total. The average molecular weight is 385 g/mol. The molecule has 0 spiro atoms. The van der Waals surface area contributed by atoms with E-state index >= 15 is 0 Å².